The van der Waals surface area contributed by atoms with Gasteiger partial charge >= 0.3 is 5.97 Å². The molecule has 0 bridgehead atoms. The molecular weight excluding hydrogens is 472 g/mol. The SMILES string of the molecule is CN(C)[C@@H](Cc1cn(CCCc2cc(-c3ccc([N+](=O)[O-])cc3Cl)no2)c2ccccc12)C(=O)O. The molecule has 182 valence electrons. The van der Waals surface area contributed by atoms with E-state index in [0.717, 1.165) is 22.9 Å². The summed E-state index contributed by atoms with van der Waals surface area (Å²) < 4.78 is 7.61. The number of para-hydroxylation sites is 1. The number of benzene rings is 2. The molecule has 0 aliphatic heterocycles. The number of hydrogen-bond acceptors (Lipinski definition) is 6. The van der Waals surface area contributed by atoms with Crippen LogP contribution < -0.4 is 0 Å². The third kappa shape index (κ3) is 5.36. The quantitative estimate of drug-likeness (QED) is 0.241. The maximum Gasteiger partial charge on any atom is 0.321 e. The highest BCUT2D eigenvalue weighted by molar-refractivity contribution is 6.33. The molecule has 0 amide bonds. The molecule has 2 aromatic carbocycles. The van der Waals surface area contributed by atoms with Crippen LogP contribution in [0.1, 0.15) is 17.7 Å². The molecule has 4 aromatic rings. The zero-order chi connectivity index (χ0) is 25.1. The average Bonchev–Trinajstić information content (AvgIpc) is 3.42. The number of rotatable bonds is 10. The molecule has 10 heteroatoms. The highest BCUT2D eigenvalue weighted by atomic mass is 35.5. The third-order valence-corrected chi connectivity index (χ3v) is 6.33. The molecule has 0 unspecified atom stereocenters. The fourth-order valence-corrected chi connectivity index (χ4v) is 4.45. The van der Waals surface area contributed by atoms with E-state index in [0.29, 0.717) is 36.4 Å². The zero-order valence-electron chi connectivity index (χ0n) is 19.3. The summed E-state index contributed by atoms with van der Waals surface area (Å²) >= 11 is 6.21. The summed E-state index contributed by atoms with van der Waals surface area (Å²) in [5.41, 5.74) is 3.07. The van der Waals surface area contributed by atoms with Crippen molar-refractivity contribution in [3.8, 4) is 11.3 Å². The first-order valence-corrected chi connectivity index (χ1v) is 11.5. The lowest BCUT2D eigenvalue weighted by Gasteiger charge is -2.19. The van der Waals surface area contributed by atoms with Crippen molar-refractivity contribution in [1.82, 2.24) is 14.6 Å². The lowest BCUT2D eigenvalue weighted by Crippen LogP contribution is -2.37. The summed E-state index contributed by atoms with van der Waals surface area (Å²) in [5.74, 6) is -0.161. The van der Waals surface area contributed by atoms with Gasteiger partial charge in [-0.05, 0) is 38.2 Å². The number of nitrogens with zero attached hydrogens (tertiary/aromatic N) is 4. The Kier molecular flexibility index (Phi) is 7.18. The zero-order valence-corrected chi connectivity index (χ0v) is 20.1. The highest BCUT2D eigenvalue weighted by Crippen LogP contribution is 2.31. The third-order valence-electron chi connectivity index (χ3n) is 6.01. The summed E-state index contributed by atoms with van der Waals surface area (Å²) in [6.45, 7) is 0.717. The number of likely N-dealkylation sites (N-methyl/N-ethyl adjacent to an activating group) is 1. The van der Waals surface area contributed by atoms with E-state index in [4.69, 9.17) is 16.1 Å². The molecular formula is C25H25ClN4O5. The largest absolute Gasteiger partial charge is 0.480 e. The number of nitro groups is 1. The second-order valence-corrected chi connectivity index (χ2v) is 9.00. The van der Waals surface area contributed by atoms with Crippen molar-refractivity contribution in [2.45, 2.75) is 31.8 Å². The molecule has 9 nitrogen and oxygen atoms in total. The minimum atomic E-state index is -0.846. The van der Waals surface area contributed by atoms with Crippen LogP contribution in [0, 0.1) is 10.1 Å². The monoisotopic (exact) mass is 496 g/mol. The summed E-state index contributed by atoms with van der Waals surface area (Å²) in [5, 5.41) is 25.9. The number of nitro benzene ring substituents is 1. The number of halogens is 1. The number of aromatic nitrogens is 2. The number of carboxylic acid groups (broad SMARTS) is 1. The molecule has 35 heavy (non-hydrogen) atoms. The molecule has 0 saturated heterocycles. The Balaban J connectivity index is 1.46. The molecule has 0 aliphatic rings. The van der Waals surface area contributed by atoms with Crippen LogP contribution in [0.15, 0.2) is 59.3 Å². The number of fused-ring (bicyclic) bond motifs is 1. The molecule has 2 aromatic heterocycles. The number of carboxylic acids is 1. The predicted octanol–water partition coefficient (Wildman–Crippen LogP) is 5.05. The first kappa shape index (κ1) is 24.4. The molecule has 0 radical (unpaired) electrons. The Morgan fingerprint density at radius 3 is 2.71 bits per heavy atom. The molecule has 0 saturated carbocycles. The summed E-state index contributed by atoms with van der Waals surface area (Å²) in [7, 11) is 3.54. The second kappa shape index (κ2) is 10.3. The van der Waals surface area contributed by atoms with Crippen LogP contribution in [0.25, 0.3) is 22.2 Å². The fraction of sp³-hybridized carbons (Fsp3) is 0.280. The number of carbonyl (C=O) groups is 1. The van der Waals surface area contributed by atoms with Crippen molar-refractivity contribution in [3.05, 3.63) is 81.2 Å². The van der Waals surface area contributed by atoms with Gasteiger partial charge in [-0.1, -0.05) is 35.0 Å². The van der Waals surface area contributed by atoms with Gasteiger partial charge in [0.1, 0.15) is 17.5 Å². The molecule has 0 aliphatic carbocycles. The van der Waals surface area contributed by atoms with Crippen molar-refractivity contribution in [3.63, 3.8) is 0 Å². The van der Waals surface area contributed by atoms with Crippen LogP contribution in [-0.4, -0.2) is 50.8 Å². The molecule has 4 rings (SSSR count). The van der Waals surface area contributed by atoms with Crippen LogP contribution in [0.3, 0.4) is 0 Å². The highest BCUT2D eigenvalue weighted by Gasteiger charge is 2.22. The number of aliphatic carboxylic acids is 1. The van der Waals surface area contributed by atoms with Crippen molar-refractivity contribution >= 4 is 34.2 Å². The smallest absolute Gasteiger partial charge is 0.321 e. The first-order valence-electron chi connectivity index (χ1n) is 11.1. The van der Waals surface area contributed by atoms with E-state index >= 15 is 0 Å². The Bertz CT molecular complexity index is 1380. The summed E-state index contributed by atoms with van der Waals surface area (Å²) in [6.07, 6.45) is 3.86. The molecule has 0 spiro atoms. The van der Waals surface area contributed by atoms with Gasteiger partial charge in [-0.15, -0.1) is 0 Å². The first-order chi connectivity index (χ1) is 16.7. The minimum Gasteiger partial charge on any atom is -0.480 e. The van der Waals surface area contributed by atoms with E-state index in [9.17, 15) is 20.0 Å². The van der Waals surface area contributed by atoms with E-state index in [1.54, 1.807) is 31.1 Å². The van der Waals surface area contributed by atoms with Crippen molar-refractivity contribution < 1.29 is 19.3 Å². The minimum absolute atomic E-state index is 0.0824. The average molecular weight is 497 g/mol. The van der Waals surface area contributed by atoms with E-state index in [2.05, 4.69) is 9.72 Å². The Hall–Kier alpha value is -3.69. The van der Waals surface area contributed by atoms with Crippen LogP contribution in [-0.2, 0) is 24.2 Å². The van der Waals surface area contributed by atoms with Crippen LogP contribution >= 0.6 is 11.6 Å². The molecule has 1 N–H and O–H groups in total. The van der Waals surface area contributed by atoms with Crippen LogP contribution in [0.5, 0.6) is 0 Å². The fourth-order valence-electron chi connectivity index (χ4n) is 4.18. The Morgan fingerprint density at radius 2 is 2.03 bits per heavy atom. The number of hydrogen-bond donors (Lipinski definition) is 1. The van der Waals surface area contributed by atoms with Gasteiger partial charge in [-0.25, -0.2) is 0 Å². The van der Waals surface area contributed by atoms with Gasteiger partial charge in [0.05, 0.1) is 9.95 Å². The van der Waals surface area contributed by atoms with Gasteiger partial charge in [0, 0.05) is 60.2 Å². The maximum absolute atomic E-state index is 11.7. The number of aryl methyl sites for hydroxylation is 2. The summed E-state index contributed by atoms with van der Waals surface area (Å²) in [4.78, 5) is 23.8. The van der Waals surface area contributed by atoms with Gasteiger partial charge < -0.3 is 14.2 Å². The van der Waals surface area contributed by atoms with Crippen molar-refractivity contribution in [2.75, 3.05) is 14.1 Å². The normalized spacial score (nSPS) is 12.3. The summed E-state index contributed by atoms with van der Waals surface area (Å²) in [6, 6.07) is 13.4. The van der Waals surface area contributed by atoms with Gasteiger partial charge in [0.15, 0.2) is 0 Å². The van der Waals surface area contributed by atoms with Crippen LogP contribution in [0.4, 0.5) is 5.69 Å². The van der Waals surface area contributed by atoms with Gasteiger partial charge in [-0.2, -0.15) is 0 Å². The second-order valence-electron chi connectivity index (χ2n) is 8.59. The van der Waals surface area contributed by atoms with Crippen LogP contribution in [0.2, 0.25) is 5.02 Å². The molecule has 2 heterocycles. The van der Waals surface area contributed by atoms with Gasteiger partial charge in [-0.3, -0.25) is 19.8 Å². The maximum atomic E-state index is 11.7. The lowest BCUT2D eigenvalue weighted by molar-refractivity contribution is -0.384. The predicted molar refractivity (Wildman–Crippen MR) is 133 cm³/mol. The number of non-ortho nitro benzene ring substituents is 1. The van der Waals surface area contributed by atoms with Gasteiger partial charge in [0.2, 0.25) is 0 Å². The lowest BCUT2D eigenvalue weighted by atomic mass is 10.0. The van der Waals surface area contributed by atoms with Crippen molar-refractivity contribution in [1.29, 1.82) is 0 Å². The van der Waals surface area contributed by atoms with Gasteiger partial charge in [0.25, 0.3) is 5.69 Å². The molecule has 0 fully saturated rings. The Labute approximate surface area is 206 Å². The topological polar surface area (TPSA) is 115 Å². The van der Waals surface area contributed by atoms with E-state index < -0.39 is 16.9 Å². The Morgan fingerprint density at radius 1 is 1.26 bits per heavy atom. The van der Waals surface area contributed by atoms with E-state index in [-0.39, 0.29) is 10.7 Å². The molecule has 1 atom stereocenters. The van der Waals surface area contributed by atoms with Crippen molar-refractivity contribution in [2.24, 2.45) is 0 Å². The van der Waals surface area contributed by atoms with E-state index in [1.165, 1.54) is 12.1 Å². The standard InChI is InChI=1S/C25H25ClN4O5/c1-28(2)24(25(31)32)12-16-15-29(23-8-4-3-7-19(16)23)11-5-6-18-14-22(27-35-18)20-10-9-17(30(33)34)13-21(20)26/h3-4,7-10,13-15,24H,5-6,11-12H2,1-2H3,(H,31,32)/t24-/m0/s1. The van der Waals surface area contributed by atoms with E-state index in [1.807, 2.05) is 30.5 Å².